The molecule has 0 aromatic heterocycles. The van der Waals surface area contributed by atoms with E-state index in [2.05, 4.69) is 62.7 Å². The zero-order chi connectivity index (χ0) is 19.6. The highest BCUT2D eigenvalue weighted by Crippen LogP contribution is 2.16. The predicted molar refractivity (Wildman–Crippen MR) is 119 cm³/mol. The maximum atomic E-state index is 4.43. The molecule has 156 valence electrons. The lowest BCUT2D eigenvalue weighted by molar-refractivity contribution is 0.190. The summed E-state index contributed by atoms with van der Waals surface area (Å²) in [7, 11) is 1.88. The Kier molecular flexibility index (Phi) is 8.62. The second kappa shape index (κ2) is 11.4. The molecule has 0 bridgehead atoms. The summed E-state index contributed by atoms with van der Waals surface area (Å²) in [6, 6.07) is 11.3. The zero-order valence-electron chi connectivity index (χ0n) is 17.9. The highest BCUT2D eigenvalue weighted by molar-refractivity contribution is 5.79. The Bertz CT molecular complexity index is 572. The number of nitrogens with one attached hydrogen (secondary N) is 2. The topological polar surface area (TPSA) is 42.9 Å². The van der Waals surface area contributed by atoms with Crippen LogP contribution < -0.4 is 10.6 Å². The molecule has 0 atom stereocenters. The first-order chi connectivity index (χ1) is 13.7. The summed E-state index contributed by atoms with van der Waals surface area (Å²) in [5, 5.41) is 7.15. The van der Waals surface area contributed by atoms with Crippen molar-refractivity contribution in [1.29, 1.82) is 0 Å². The van der Waals surface area contributed by atoms with Crippen molar-refractivity contribution in [3.8, 4) is 0 Å². The first-order valence-corrected chi connectivity index (χ1v) is 11.2. The number of piperidine rings is 2. The molecule has 2 N–H and O–H groups in total. The van der Waals surface area contributed by atoms with E-state index in [1.54, 1.807) is 0 Å². The van der Waals surface area contributed by atoms with Gasteiger partial charge in [-0.05, 0) is 63.2 Å². The van der Waals surface area contributed by atoms with E-state index in [4.69, 9.17) is 0 Å². The molecule has 1 aromatic rings. The van der Waals surface area contributed by atoms with Crippen molar-refractivity contribution in [3.05, 3.63) is 35.9 Å². The van der Waals surface area contributed by atoms with E-state index in [1.807, 2.05) is 7.05 Å². The highest BCUT2D eigenvalue weighted by atomic mass is 15.2. The highest BCUT2D eigenvalue weighted by Gasteiger charge is 2.20. The van der Waals surface area contributed by atoms with E-state index >= 15 is 0 Å². The van der Waals surface area contributed by atoms with Crippen molar-refractivity contribution in [2.75, 3.05) is 46.3 Å². The van der Waals surface area contributed by atoms with Gasteiger partial charge in [0.2, 0.25) is 0 Å². The van der Waals surface area contributed by atoms with Crippen LogP contribution >= 0.6 is 0 Å². The van der Waals surface area contributed by atoms with E-state index in [0.29, 0.717) is 6.04 Å². The van der Waals surface area contributed by atoms with Crippen LogP contribution in [0.15, 0.2) is 35.3 Å². The van der Waals surface area contributed by atoms with Crippen molar-refractivity contribution in [2.24, 2.45) is 10.9 Å². The van der Waals surface area contributed by atoms with E-state index in [1.165, 1.54) is 57.3 Å². The molecule has 3 rings (SSSR count). The van der Waals surface area contributed by atoms with Gasteiger partial charge < -0.3 is 15.5 Å². The molecular formula is C23H39N5. The third-order valence-electron chi connectivity index (χ3n) is 6.22. The van der Waals surface area contributed by atoms with Gasteiger partial charge in [-0.2, -0.15) is 0 Å². The van der Waals surface area contributed by atoms with Crippen molar-refractivity contribution >= 4 is 5.96 Å². The van der Waals surface area contributed by atoms with Crippen LogP contribution in [0.2, 0.25) is 0 Å². The Morgan fingerprint density at radius 1 is 1.00 bits per heavy atom. The van der Waals surface area contributed by atoms with Crippen LogP contribution in [0.5, 0.6) is 0 Å². The Hall–Kier alpha value is -1.59. The van der Waals surface area contributed by atoms with Gasteiger partial charge in [0.15, 0.2) is 5.96 Å². The fourth-order valence-corrected chi connectivity index (χ4v) is 4.26. The standard InChI is InChI=1S/C23H39N5/c1-20-9-15-27(16-10-20)14-6-13-25-23(24-2)26-22-11-17-28(18-12-22)19-21-7-4-3-5-8-21/h3-5,7-8,20,22H,6,9-19H2,1-2H3,(H2,24,25,26). The second-order valence-corrected chi connectivity index (χ2v) is 8.56. The van der Waals surface area contributed by atoms with E-state index in [9.17, 15) is 0 Å². The van der Waals surface area contributed by atoms with Gasteiger partial charge in [0.25, 0.3) is 0 Å². The van der Waals surface area contributed by atoms with Crippen LogP contribution in [0.25, 0.3) is 0 Å². The van der Waals surface area contributed by atoms with Crippen LogP contribution in [0.4, 0.5) is 0 Å². The third-order valence-corrected chi connectivity index (χ3v) is 6.22. The van der Waals surface area contributed by atoms with Crippen LogP contribution in [-0.2, 0) is 6.54 Å². The number of benzene rings is 1. The average molecular weight is 386 g/mol. The van der Waals surface area contributed by atoms with E-state index in [-0.39, 0.29) is 0 Å². The molecule has 28 heavy (non-hydrogen) atoms. The summed E-state index contributed by atoms with van der Waals surface area (Å²) in [4.78, 5) is 9.60. The summed E-state index contributed by atoms with van der Waals surface area (Å²) in [5.41, 5.74) is 1.41. The minimum atomic E-state index is 0.529. The zero-order valence-corrected chi connectivity index (χ0v) is 17.9. The molecule has 0 unspecified atom stereocenters. The van der Waals surface area contributed by atoms with E-state index < -0.39 is 0 Å². The molecule has 2 saturated heterocycles. The molecule has 2 aliphatic rings. The van der Waals surface area contributed by atoms with Gasteiger partial charge in [0.1, 0.15) is 0 Å². The van der Waals surface area contributed by atoms with Crippen LogP contribution in [-0.4, -0.2) is 68.1 Å². The monoisotopic (exact) mass is 385 g/mol. The Labute approximate surface area is 171 Å². The quantitative estimate of drug-likeness (QED) is 0.430. The SMILES string of the molecule is CN=C(NCCCN1CCC(C)CC1)NC1CCN(Cc2ccccc2)CC1. The normalized spacial score (nSPS) is 21.0. The van der Waals surface area contributed by atoms with Crippen molar-refractivity contribution < 1.29 is 0 Å². The number of guanidine groups is 1. The first-order valence-electron chi connectivity index (χ1n) is 11.2. The van der Waals surface area contributed by atoms with Gasteiger partial charge in [0, 0.05) is 39.3 Å². The van der Waals surface area contributed by atoms with Crippen LogP contribution in [0.3, 0.4) is 0 Å². The molecular weight excluding hydrogens is 346 g/mol. The minimum absolute atomic E-state index is 0.529. The summed E-state index contributed by atoms with van der Waals surface area (Å²) < 4.78 is 0. The third kappa shape index (κ3) is 7.10. The first kappa shape index (κ1) is 21.1. The molecule has 2 heterocycles. The lowest BCUT2D eigenvalue weighted by Gasteiger charge is -2.33. The maximum absolute atomic E-state index is 4.43. The van der Waals surface area contributed by atoms with E-state index in [0.717, 1.165) is 38.1 Å². The molecule has 1 aromatic carbocycles. The van der Waals surface area contributed by atoms with Crippen LogP contribution in [0.1, 0.15) is 44.6 Å². The molecule has 0 saturated carbocycles. The lowest BCUT2D eigenvalue weighted by atomic mass is 9.99. The molecule has 5 nitrogen and oxygen atoms in total. The number of rotatable bonds is 7. The van der Waals surface area contributed by atoms with Gasteiger partial charge in [-0.1, -0.05) is 37.3 Å². The number of aliphatic imine (C=N–C) groups is 1. The molecule has 0 spiro atoms. The summed E-state index contributed by atoms with van der Waals surface area (Å²) in [5.74, 6) is 1.88. The van der Waals surface area contributed by atoms with Gasteiger partial charge in [-0.15, -0.1) is 0 Å². The Balaban J connectivity index is 1.29. The minimum Gasteiger partial charge on any atom is -0.356 e. The predicted octanol–water partition coefficient (Wildman–Crippen LogP) is 2.94. The number of hydrogen-bond acceptors (Lipinski definition) is 3. The molecule has 0 radical (unpaired) electrons. The smallest absolute Gasteiger partial charge is 0.191 e. The Morgan fingerprint density at radius 2 is 1.68 bits per heavy atom. The summed E-state index contributed by atoms with van der Waals surface area (Å²) >= 11 is 0. The molecule has 0 amide bonds. The number of hydrogen-bond donors (Lipinski definition) is 2. The van der Waals surface area contributed by atoms with Gasteiger partial charge in [0.05, 0.1) is 0 Å². The number of likely N-dealkylation sites (tertiary alicyclic amines) is 2. The molecule has 2 fully saturated rings. The fraction of sp³-hybridized carbons (Fsp3) is 0.696. The average Bonchev–Trinajstić information content (AvgIpc) is 2.73. The van der Waals surface area contributed by atoms with Gasteiger partial charge in [-0.25, -0.2) is 0 Å². The lowest BCUT2D eigenvalue weighted by Crippen LogP contribution is -2.48. The van der Waals surface area contributed by atoms with Gasteiger partial charge >= 0.3 is 0 Å². The fourth-order valence-electron chi connectivity index (χ4n) is 4.26. The van der Waals surface area contributed by atoms with Crippen molar-refractivity contribution in [3.63, 3.8) is 0 Å². The van der Waals surface area contributed by atoms with Crippen molar-refractivity contribution in [1.82, 2.24) is 20.4 Å². The number of nitrogens with zero attached hydrogens (tertiary/aromatic N) is 3. The van der Waals surface area contributed by atoms with Gasteiger partial charge in [-0.3, -0.25) is 9.89 Å². The Morgan fingerprint density at radius 3 is 2.36 bits per heavy atom. The molecule has 0 aliphatic carbocycles. The maximum Gasteiger partial charge on any atom is 0.191 e. The molecule has 5 heteroatoms. The molecule has 2 aliphatic heterocycles. The summed E-state index contributed by atoms with van der Waals surface area (Å²) in [6.07, 6.45) is 6.27. The summed E-state index contributed by atoms with van der Waals surface area (Å²) in [6.45, 7) is 10.5. The second-order valence-electron chi connectivity index (χ2n) is 8.56. The largest absolute Gasteiger partial charge is 0.356 e. The van der Waals surface area contributed by atoms with Crippen LogP contribution in [0, 0.1) is 5.92 Å². The van der Waals surface area contributed by atoms with Crippen molar-refractivity contribution in [2.45, 2.75) is 51.6 Å².